The third-order valence-corrected chi connectivity index (χ3v) is 4.66. The Morgan fingerprint density at radius 1 is 1.14 bits per heavy atom. The quantitative estimate of drug-likeness (QED) is 0.810. The molecule has 2 N–H and O–H groups in total. The van der Waals surface area contributed by atoms with Gasteiger partial charge in [0, 0.05) is 25.7 Å². The Morgan fingerprint density at radius 3 is 2.36 bits per heavy atom. The number of carbonyl (C=O) groups excluding carboxylic acids is 2. The number of ether oxygens (including phenoxy) is 1. The van der Waals surface area contributed by atoms with E-state index in [4.69, 9.17) is 4.74 Å². The predicted octanol–water partition coefficient (Wildman–Crippen LogP) is 3.32. The van der Waals surface area contributed by atoms with Crippen molar-refractivity contribution in [2.24, 2.45) is 5.41 Å². The lowest BCUT2D eigenvalue weighted by atomic mass is 9.86. The predicted molar refractivity (Wildman–Crippen MR) is 111 cm³/mol. The molecule has 2 rings (SSSR count). The number of carbonyl (C=O) groups is 2. The second-order valence-electron chi connectivity index (χ2n) is 9.66. The summed E-state index contributed by atoms with van der Waals surface area (Å²) in [4.78, 5) is 27.4. The summed E-state index contributed by atoms with van der Waals surface area (Å²) in [5.74, 6) is -0.162. The van der Waals surface area contributed by atoms with Crippen LogP contribution >= 0.6 is 0 Å². The highest BCUT2D eigenvalue weighted by Crippen LogP contribution is 2.21. The average molecular weight is 390 g/mol. The first kappa shape index (κ1) is 22.2. The first-order valence-electron chi connectivity index (χ1n) is 10.0. The molecule has 1 heterocycles. The maximum atomic E-state index is 12.9. The topological polar surface area (TPSA) is 70.7 Å². The molecular weight excluding hydrogens is 354 g/mol. The van der Waals surface area contributed by atoms with Crippen LogP contribution in [0.5, 0.6) is 0 Å². The Labute approximate surface area is 169 Å². The Balaban J connectivity index is 1.91. The minimum Gasteiger partial charge on any atom is -0.444 e. The largest absolute Gasteiger partial charge is 0.444 e. The zero-order chi connectivity index (χ0) is 20.9. The van der Waals surface area contributed by atoms with Crippen LogP contribution in [0.1, 0.15) is 53.5 Å². The van der Waals surface area contributed by atoms with Crippen molar-refractivity contribution in [2.75, 3.05) is 13.1 Å². The van der Waals surface area contributed by atoms with Crippen molar-refractivity contribution in [2.45, 2.75) is 72.2 Å². The van der Waals surface area contributed by atoms with Gasteiger partial charge in [-0.2, -0.15) is 0 Å². The van der Waals surface area contributed by atoms with Crippen LogP contribution in [0.15, 0.2) is 30.3 Å². The average Bonchev–Trinajstić information content (AvgIpc) is 2.97. The number of nitrogens with zero attached hydrogens (tertiary/aromatic N) is 1. The van der Waals surface area contributed by atoms with Gasteiger partial charge in [0.1, 0.15) is 11.6 Å². The molecule has 0 spiro atoms. The van der Waals surface area contributed by atoms with Crippen LogP contribution < -0.4 is 10.6 Å². The van der Waals surface area contributed by atoms with Gasteiger partial charge in [-0.25, -0.2) is 4.79 Å². The number of alkyl carbamates (subject to hydrolysis) is 1. The smallest absolute Gasteiger partial charge is 0.408 e. The molecule has 2 amide bonds. The fraction of sp³-hybridized carbons (Fsp3) is 0.636. The summed E-state index contributed by atoms with van der Waals surface area (Å²) in [6.07, 6.45) is 0.335. The van der Waals surface area contributed by atoms with Gasteiger partial charge < -0.3 is 15.4 Å². The molecule has 0 saturated carbocycles. The van der Waals surface area contributed by atoms with Gasteiger partial charge in [0.2, 0.25) is 5.91 Å². The molecular formula is C22H35N3O3. The fourth-order valence-electron chi connectivity index (χ4n) is 3.32. The molecule has 28 heavy (non-hydrogen) atoms. The molecule has 156 valence electrons. The number of hydrogen-bond acceptors (Lipinski definition) is 4. The number of amides is 2. The van der Waals surface area contributed by atoms with E-state index >= 15 is 0 Å². The molecule has 1 aliphatic rings. The summed E-state index contributed by atoms with van der Waals surface area (Å²) < 4.78 is 5.33. The number of benzene rings is 1. The SMILES string of the molecule is CC(C)(C)OC(=O)N[C@H](C(=O)N[C@@H]1CCN(Cc2ccccc2)C1)C(C)(C)C. The van der Waals surface area contributed by atoms with E-state index in [1.165, 1.54) is 5.56 Å². The molecule has 2 atom stereocenters. The number of rotatable bonds is 5. The van der Waals surface area contributed by atoms with E-state index in [1.54, 1.807) is 20.8 Å². The van der Waals surface area contributed by atoms with Crippen molar-refractivity contribution in [3.8, 4) is 0 Å². The van der Waals surface area contributed by atoms with Gasteiger partial charge in [-0.1, -0.05) is 51.1 Å². The summed E-state index contributed by atoms with van der Waals surface area (Å²) in [6, 6.07) is 9.76. The monoisotopic (exact) mass is 389 g/mol. The number of nitrogens with one attached hydrogen (secondary N) is 2. The third-order valence-electron chi connectivity index (χ3n) is 4.66. The summed E-state index contributed by atoms with van der Waals surface area (Å²) in [6.45, 7) is 13.9. The lowest BCUT2D eigenvalue weighted by molar-refractivity contribution is -0.126. The molecule has 1 aliphatic heterocycles. The molecule has 6 heteroatoms. The van der Waals surface area contributed by atoms with E-state index in [1.807, 2.05) is 39.0 Å². The van der Waals surface area contributed by atoms with E-state index in [0.717, 1.165) is 26.1 Å². The molecule has 6 nitrogen and oxygen atoms in total. The lowest BCUT2D eigenvalue weighted by Crippen LogP contribution is -2.56. The van der Waals surface area contributed by atoms with Crippen LogP contribution in [0.2, 0.25) is 0 Å². The van der Waals surface area contributed by atoms with Crippen molar-refractivity contribution in [3.63, 3.8) is 0 Å². The zero-order valence-corrected chi connectivity index (χ0v) is 18.0. The van der Waals surface area contributed by atoms with Gasteiger partial charge in [-0.05, 0) is 38.2 Å². The van der Waals surface area contributed by atoms with Crippen molar-refractivity contribution in [1.82, 2.24) is 15.5 Å². The van der Waals surface area contributed by atoms with Crippen LogP contribution in [-0.2, 0) is 16.1 Å². The second kappa shape index (κ2) is 8.95. The third kappa shape index (κ3) is 7.15. The molecule has 0 bridgehead atoms. The summed E-state index contributed by atoms with van der Waals surface area (Å²) >= 11 is 0. The highest BCUT2D eigenvalue weighted by Gasteiger charge is 2.36. The minimum atomic E-state index is -0.662. The normalized spacial score (nSPS) is 19.1. The van der Waals surface area contributed by atoms with Crippen molar-refractivity contribution < 1.29 is 14.3 Å². The van der Waals surface area contributed by atoms with Crippen molar-refractivity contribution >= 4 is 12.0 Å². The highest BCUT2D eigenvalue weighted by atomic mass is 16.6. The maximum absolute atomic E-state index is 12.9. The molecule has 1 saturated heterocycles. The summed E-state index contributed by atoms with van der Waals surface area (Å²) in [7, 11) is 0. The van der Waals surface area contributed by atoms with Gasteiger partial charge in [0.05, 0.1) is 0 Å². The van der Waals surface area contributed by atoms with E-state index in [9.17, 15) is 9.59 Å². The Kier molecular flexibility index (Phi) is 7.10. The molecule has 1 aromatic carbocycles. The molecule has 0 aromatic heterocycles. The standard InChI is InChI=1S/C22H35N3O3/c1-21(2,3)18(24-20(27)28-22(4,5)6)19(26)23-17-12-13-25(15-17)14-16-10-8-7-9-11-16/h7-11,17-18H,12-15H2,1-6H3,(H,23,26)(H,24,27)/t17-,18-/m1/s1. The van der Waals surface area contributed by atoms with Crippen molar-refractivity contribution in [3.05, 3.63) is 35.9 Å². The van der Waals surface area contributed by atoms with Gasteiger partial charge in [0.25, 0.3) is 0 Å². The Hall–Kier alpha value is -2.08. The minimum absolute atomic E-state index is 0.0847. The molecule has 1 aromatic rings. The van der Waals surface area contributed by atoms with Crippen molar-refractivity contribution in [1.29, 1.82) is 0 Å². The summed E-state index contributed by atoms with van der Waals surface area (Å²) in [5.41, 5.74) is 0.240. The molecule has 0 radical (unpaired) electrons. The van der Waals surface area contributed by atoms with E-state index in [0.29, 0.717) is 0 Å². The van der Waals surface area contributed by atoms with Crippen LogP contribution in [0, 0.1) is 5.41 Å². The zero-order valence-electron chi connectivity index (χ0n) is 18.0. The van der Waals surface area contributed by atoms with E-state index < -0.39 is 23.2 Å². The second-order valence-corrected chi connectivity index (χ2v) is 9.66. The molecule has 1 fully saturated rings. The molecule has 0 unspecified atom stereocenters. The number of hydrogen-bond donors (Lipinski definition) is 2. The van der Waals surface area contributed by atoms with Gasteiger partial charge in [-0.3, -0.25) is 9.69 Å². The number of likely N-dealkylation sites (tertiary alicyclic amines) is 1. The van der Waals surface area contributed by atoms with Gasteiger partial charge >= 0.3 is 6.09 Å². The Bertz CT molecular complexity index is 662. The van der Waals surface area contributed by atoms with Crippen LogP contribution in [0.4, 0.5) is 4.79 Å². The summed E-state index contributed by atoms with van der Waals surface area (Å²) in [5, 5.41) is 5.87. The fourth-order valence-corrected chi connectivity index (χ4v) is 3.32. The van der Waals surface area contributed by atoms with Gasteiger partial charge in [-0.15, -0.1) is 0 Å². The Morgan fingerprint density at radius 2 is 1.79 bits per heavy atom. The highest BCUT2D eigenvalue weighted by molar-refractivity contribution is 5.86. The van der Waals surface area contributed by atoms with E-state index in [2.05, 4.69) is 27.7 Å². The van der Waals surface area contributed by atoms with Crippen LogP contribution in [-0.4, -0.2) is 47.7 Å². The van der Waals surface area contributed by atoms with Gasteiger partial charge in [0.15, 0.2) is 0 Å². The van der Waals surface area contributed by atoms with E-state index in [-0.39, 0.29) is 11.9 Å². The van der Waals surface area contributed by atoms with Crippen LogP contribution in [0.3, 0.4) is 0 Å². The first-order chi connectivity index (χ1) is 12.9. The maximum Gasteiger partial charge on any atom is 0.408 e. The lowest BCUT2D eigenvalue weighted by Gasteiger charge is -2.32. The first-order valence-corrected chi connectivity index (χ1v) is 10.0. The molecule has 0 aliphatic carbocycles. The van der Waals surface area contributed by atoms with Crippen LogP contribution in [0.25, 0.3) is 0 Å².